The Bertz CT molecular complexity index is 259. The fraction of sp³-hybridized carbons (Fsp3) is 0.900. The Hall–Kier alpha value is -0.660. The predicted octanol–water partition coefficient (Wildman–Crippen LogP) is 6.14. The lowest BCUT2D eigenvalue weighted by molar-refractivity contribution is 0.139. The molecule has 22 heavy (non-hydrogen) atoms. The van der Waals surface area contributed by atoms with Gasteiger partial charge in [-0.25, -0.2) is 0 Å². The highest BCUT2D eigenvalue weighted by Gasteiger charge is 2.24. The second kappa shape index (κ2) is 12.8. The van der Waals surface area contributed by atoms with E-state index < -0.39 is 0 Å². The molecule has 0 N–H and O–H groups in total. The van der Waals surface area contributed by atoms with Gasteiger partial charge in [0.15, 0.2) is 0 Å². The average molecular weight is 309 g/mol. The maximum absolute atomic E-state index is 2.56. The van der Waals surface area contributed by atoms with Crippen LogP contribution in [0.5, 0.6) is 0 Å². The van der Waals surface area contributed by atoms with Gasteiger partial charge in [-0.1, -0.05) is 72.1 Å². The molecule has 2 heteroatoms. The zero-order chi connectivity index (χ0) is 16.0. The molecule has 1 rings (SSSR count). The van der Waals surface area contributed by atoms with Crippen molar-refractivity contribution < 1.29 is 0 Å². The van der Waals surface area contributed by atoms with Gasteiger partial charge in [0.05, 0.1) is 0 Å². The van der Waals surface area contributed by atoms with Crippen LogP contribution in [0.25, 0.3) is 0 Å². The zero-order valence-corrected chi connectivity index (χ0v) is 15.5. The van der Waals surface area contributed by atoms with Crippen LogP contribution in [-0.2, 0) is 0 Å². The highest BCUT2D eigenvalue weighted by atomic mass is 15.4. The van der Waals surface area contributed by atoms with Crippen molar-refractivity contribution in [3.63, 3.8) is 0 Å². The standard InChI is InChI=1S/C20H40N2/c1-4-7-8-9-10-11-12-13-14-15-20-21(16-5-2)18-19-22(20)17-6-3/h18-20H,4-17H2,1-3H3. The molecule has 0 aliphatic carbocycles. The largest absolute Gasteiger partial charge is 0.356 e. The molecular weight excluding hydrogens is 268 g/mol. The zero-order valence-electron chi connectivity index (χ0n) is 15.5. The predicted molar refractivity (Wildman–Crippen MR) is 98.8 cm³/mol. The molecule has 0 saturated carbocycles. The van der Waals surface area contributed by atoms with Crippen LogP contribution in [0.3, 0.4) is 0 Å². The van der Waals surface area contributed by atoms with Crippen molar-refractivity contribution in [1.82, 2.24) is 9.80 Å². The third-order valence-corrected chi connectivity index (χ3v) is 4.74. The lowest BCUT2D eigenvalue weighted by atomic mass is 10.1. The summed E-state index contributed by atoms with van der Waals surface area (Å²) < 4.78 is 0. The number of rotatable bonds is 14. The van der Waals surface area contributed by atoms with Gasteiger partial charge >= 0.3 is 0 Å². The van der Waals surface area contributed by atoms with E-state index in [1.54, 1.807) is 0 Å². The molecule has 0 aromatic rings. The van der Waals surface area contributed by atoms with E-state index in [1.165, 1.54) is 90.1 Å². The summed E-state index contributed by atoms with van der Waals surface area (Å²) in [5.41, 5.74) is 0. The van der Waals surface area contributed by atoms with Crippen molar-refractivity contribution in [2.75, 3.05) is 13.1 Å². The summed E-state index contributed by atoms with van der Waals surface area (Å²) in [5, 5.41) is 0. The smallest absolute Gasteiger partial charge is 0.101 e. The van der Waals surface area contributed by atoms with Crippen molar-refractivity contribution >= 4 is 0 Å². The molecule has 1 heterocycles. The summed E-state index contributed by atoms with van der Waals surface area (Å²) in [6.45, 7) is 9.27. The van der Waals surface area contributed by atoms with Crippen LogP contribution in [0, 0.1) is 0 Å². The summed E-state index contributed by atoms with van der Waals surface area (Å²) in [6.07, 6.45) is 21.9. The Morgan fingerprint density at radius 3 is 1.50 bits per heavy atom. The number of hydrogen-bond donors (Lipinski definition) is 0. The second-order valence-corrected chi connectivity index (χ2v) is 6.87. The average Bonchev–Trinajstić information content (AvgIpc) is 2.89. The molecule has 0 atom stereocenters. The van der Waals surface area contributed by atoms with Gasteiger partial charge in [-0.15, -0.1) is 0 Å². The highest BCUT2D eigenvalue weighted by Crippen LogP contribution is 2.22. The lowest BCUT2D eigenvalue weighted by Crippen LogP contribution is -2.39. The first kappa shape index (κ1) is 19.4. The van der Waals surface area contributed by atoms with Gasteiger partial charge in [0, 0.05) is 25.5 Å². The van der Waals surface area contributed by atoms with E-state index in [4.69, 9.17) is 0 Å². The normalized spacial score (nSPS) is 15.2. The molecule has 2 nitrogen and oxygen atoms in total. The van der Waals surface area contributed by atoms with Crippen molar-refractivity contribution in [3.05, 3.63) is 12.4 Å². The van der Waals surface area contributed by atoms with E-state index in [9.17, 15) is 0 Å². The highest BCUT2D eigenvalue weighted by molar-refractivity contribution is 4.96. The molecule has 0 amide bonds. The Morgan fingerprint density at radius 2 is 1.05 bits per heavy atom. The Kier molecular flexibility index (Phi) is 11.3. The van der Waals surface area contributed by atoms with Gasteiger partial charge in [0.2, 0.25) is 0 Å². The van der Waals surface area contributed by atoms with Crippen molar-refractivity contribution in [2.24, 2.45) is 0 Å². The van der Waals surface area contributed by atoms with Crippen LogP contribution < -0.4 is 0 Å². The van der Waals surface area contributed by atoms with Gasteiger partial charge in [-0.3, -0.25) is 0 Å². The van der Waals surface area contributed by atoms with E-state index in [-0.39, 0.29) is 0 Å². The number of hydrogen-bond acceptors (Lipinski definition) is 2. The van der Waals surface area contributed by atoms with Gasteiger partial charge in [0.1, 0.15) is 6.17 Å². The summed E-state index contributed by atoms with van der Waals surface area (Å²) in [6, 6.07) is 0. The lowest BCUT2D eigenvalue weighted by Gasteiger charge is -2.32. The molecular formula is C20H40N2. The minimum absolute atomic E-state index is 0.643. The van der Waals surface area contributed by atoms with Crippen LogP contribution in [0.15, 0.2) is 12.4 Å². The molecule has 0 spiro atoms. The van der Waals surface area contributed by atoms with Crippen molar-refractivity contribution in [3.8, 4) is 0 Å². The summed E-state index contributed by atoms with van der Waals surface area (Å²) >= 11 is 0. The molecule has 0 radical (unpaired) electrons. The van der Waals surface area contributed by atoms with Crippen LogP contribution in [-0.4, -0.2) is 29.1 Å². The molecule has 130 valence electrons. The van der Waals surface area contributed by atoms with Crippen LogP contribution in [0.4, 0.5) is 0 Å². The van der Waals surface area contributed by atoms with Gasteiger partial charge < -0.3 is 9.80 Å². The van der Waals surface area contributed by atoms with Crippen LogP contribution >= 0.6 is 0 Å². The Morgan fingerprint density at radius 1 is 0.591 bits per heavy atom. The first-order valence-electron chi connectivity index (χ1n) is 10.0. The number of nitrogens with zero attached hydrogens (tertiary/aromatic N) is 2. The topological polar surface area (TPSA) is 6.48 Å². The first-order valence-corrected chi connectivity index (χ1v) is 10.0. The van der Waals surface area contributed by atoms with Crippen molar-refractivity contribution in [1.29, 1.82) is 0 Å². The summed E-state index contributed by atoms with van der Waals surface area (Å²) in [5.74, 6) is 0. The molecule has 1 aliphatic rings. The van der Waals surface area contributed by atoms with Gasteiger partial charge in [-0.2, -0.15) is 0 Å². The maximum atomic E-state index is 2.56. The summed E-state index contributed by atoms with van der Waals surface area (Å²) in [7, 11) is 0. The molecule has 1 aliphatic heterocycles. The molecule has 0 saturated heterocycles. The van der Waals surface area contributed by atoms with Gasteiger partial charge in [-0.05, 0) is 25.7 Å². The Labute approximate surface area is 139 Å². The molecule has 0 unspecified atom stereocenters. The maximum Gasteiger partial charge on any atom is 0.101 e. The van der Waals surface area contributed by atoms with Crippen LogP contribution in [0.1, 0.15) is 97.8 Å². The fourth-order valence-corrected chi connectivity index (χ4v) is 3.49. The minimum atomic E-state index is 0.643. The van der Waals surface area contributed by atoms with E-state index in [2.05, 4.69) is 43.0 Å². The van der Waals surface area contributed by atoms with E-state index >= 15 is 0 Å². The fourth-order valence-electron chi connectivity index (χ4n) is 3.49. The quantitative estimate of drug-likeness (QED) is 0.355. The monoisotopic (exact) mass is 308 g/mol. The molecule has 0 aromatic carbocycles. The SMILES string of the molecule is CCCCCCCCCCCC1N(CCC)C=CN1CCC. The van der Waals surface area contributed by atoms with E-state index in [0.717, 1.165) is 0 Å². The summed E-state index contributed by atoms with van der Waals surface area (Å²) in [4.78, 5) is 5.11. The molecule has 0 fully saturated rings. The first-order chi connectivity index (χ1) is 10.8. The third-order valence-electron chi connectivity index (χ3n) is 4.74. The van der Waals surface area contributed by atoms with E-state index in [1.807, 2.05) is 0 Å². The molecule has 0 bridgehead atoms. The number of unbranched alkanes of at least 4 members (excludes halogenated alkanes) is 8. The molecule has 0 aromatic heterocycles. The van der Waals surface area contributed by atoms with Crippen molar-refractivity contribution in [2.45, 2.75) is 104 Å². The van der Waals surface area contributed by atoms with Crippen LogP contribution in [0.2, 0.25) is 0 Å². The second-order valence-electron chi connectivity index (χ2n) is 6.87. The Balaban J connectivity index is 2.10. The van der Waals surface area contributed by atoms with E-state index in [0.29, 0.717) is 6.17 Å². The third kappa shape index (κ3) is 7.56. The van der Waals surface area contributed by atoms with Gasteiger partial charge in [0.25, 0.3) is 0 Å². The minimum Gasteiger partial charge on any atom is -0.356 e.